The van der Waals surface area contributed by atoms with Crippen molar-refractivity contribution in [2.45, 2.75) is 58.8 Å². The van der Waals surface area contributed by atoms with Gasteiger partial charge in [-0.1, -0.05) is 86.5 Å². The van der Waals surface area contributed by atoms with E-state index in [-0.39, 0.29) is 6.61 Å². The van der Waals surface area contributed by atoms with E-state index in [0.29, 0.717) is 25.6 Å². The van der Waals surface area contributed by atoms with E-state index in [1.807, 2.05) is 43.3 Å². The van der Waals surface area contributed by atoms with Crippen LogP contribution in [0.15, 0.2) is 42.5 Å². The van der Waals surface area contributed by atoms with Crippen LogP contribution in [0.4, 0.5) is 0 Å². The first-order chi connectivity index (χ1) is 14.7. The largest absolute Gasteiger partial charge is 0.511 e. The monoisotopic (exact) mass is 438 g/mol. The molecule has 0 amide bonds. The van der Waals surface area contributed by atoms with Crippen molar-refractivity contribution < 1.29 is 27.9 Å². The molecule has 0 aliphatic heterocycles. The van der Waals surface area contributed by atoms with E-state index in [9.17, 15) is 4.57 Å². The number of unbranched alkanes of at least 4 members (excludes halogenated alkanes) is 6. The molecule has 2 aromatic carbocycles. The Hall–Kier alpha value is -1.43. The van der Waals surface area contributed by atoms with Gasteiger partial charge in [0.25, 0.3) is 0 Å². The maximum atomic E-state index is 13.0. The Bertz CT molecular complexity index is 761. The molecule has 2 rings (SSSR count). The topological polar surface area (TPSA) is 63.2 Å². The average Bonchev–Trinajstić information content (AvgIpc) is 2.77. The minimum Gasteiger partial charge on any atom is -0.379 e. The first kappa shape index (κ1) is 24.8. The molecule has 0 N–H and O–H groups in total. The second-order valence-corrected chi connectivity index (χ2v) is 8.63. The third-order valence-corrected chi connectivity index (χ3v) is 5.90. The number of hydrogen-bond acceptors (Lipinski definition) is 6. The highest BCUT2D eigenvalue weighted by Crippen LogP contribution is 2.50. The van der Waals surface area contributed by atoms with Crippen molar-refractivity contribution in [3.8, 4) is 5.75 Å². The predicted molar refractivity (Wildman–Crippen MR) is 120 cm³/mol. The summed E-state index contributed by atoms with van der Waals surface area (Å²) in [6.45, 7) is 5.34. The molecule has 0 radical (unpaired) electrons. The first-order valence-electron chi connectivity index (χ1n) is 11.0. The molecule has 0 heterocycles. The third-order valence-electron chi connectivity index (χ3n) is 4.65. The molecular weight excluding hydrogens is 403 g/mol. The van der Waals surface area contributed by atoms with E-state index >= 15 is 0 Å². The van der Waals surface area contributed by atoms with E-state index < -0.39 is 7.82 Å². The zero-order valence-electron chi connectivity index (χ0n) is 18.2. The molecule has 0 spiro atoms. The van der Waals surface area contributed by atoms with Crippen LogP contribution in [0.1, 0.15) is 58.8 Å². The zero-order valence-corrected chi connectivity index (χ0v) is 19.1. The molecule has 2 aromatic rings. The second kappa shape index (κ2) is 14.6. The minimum atomic E-state index is -3.87. The minimum absolute atomic E-state index is 0.0982. The highest BCUT2D eigenvalue weighted by molar-refractivity contribution is 7.48. The molecule has 0 aromatic heterocycles. The molecule has 30 heavy (non-hydrogen) atoms. The lowest BCUT2D eigenvalue weighted by Gasteiger charge is -2.17. The number of benzene rings is 2. The van der Waals surface area contributed by atoms with Crippen molar-refractivity contribution in [3.63, 3.8) is 0 Å². The lowest BCUT2D eigenvalue weighted by molar-refractivity contribution is -0.132. The number of ether oxygens (including phenoxy) is 1. The summed E-state index contributed by atoms with van der Waals surface area (Å²) in [6, 6.07) is 13.3. The number of rotatable bonds is 17. The van der Waals surface area contributed by atoms with Gasteiger partial charge in [0.1, 0.15) is 0 Å². The van der Waals surface area contributed by atoms with Crippen LogP contribution in [0.2, 0.25) is 0 Å². The van der Waals surface area contributed by atoms with Crippen LogP contribution in [0.25, 0.3) is 10.8 Å². The second-order valence-electron chi connectivity index (χ2n) is 7.07. The summed E-state index contributed by atoms with van der Waals surface area (Å²) >= 11 is 0. The van der Waals surface area contributed by atoms with Crippen LogP contribution < -0.4 is 4.89 Å². The molecule has 0 saturated carbocycles. The summed E-state index contributed by atoms with van der Waals surface area (Å²) in [6.07, 6.45) is 7.95. The molecule has 6 nitrogen and oxygen atoms in total. The van der Waals surface area contributed by atoms with Gasteiger partial charge in [-0.25, -0.2) is 4.57 Å². The normalized spacial score (nSPS) is 13.4. The lowest BCUT2D eigenvalue weighted by atomic mass is 10.1. The number of phosphoric ester groups is 1. The Morgan fingerprint density at radius 3 is 2.27 bits per heavy atom. The summed E-state index contributed by atoms with van der Waals surface area (Å²) in [4.78, 5) is 5.41. The maximum Gasteiger partial charge on any atom is 0.511 e. The predicted octanol–water partition coefficient (Wildman–Crippen LogP) is 7.08. The standard InChI is InChI=1S/C23H35O6P/c1-3-5-6-7-8-9-12-18-26-30(24,27-20-19-25-4-2)29-28-23-17-13-15-21-14-10-11-16-22(21)23/h10-11,13-17H,3-9,12,18-20H2,1-2H3. The fourth-order valence-electron chi connectivity index (χ4n) is 3.02. The summed E-state index contributed by atoms with van der Waals surface area (Å²) in [5.74, 6) is 0.459. The van der Waals surface area contributed by atoms with Gasteiger partial charge in [0.15, 0.2) is 5.75 Å². The van der Waals surface area contributed by atoms with Crippen molar-refractivity contribution in [1.29, 1.82) is 0 Å². The Morgan fingerprint density at radius 2 is 1.47 bits per heavy atom. The molecule has 0 saturated heterocycles. The van der Waals surface area contributed by atoms with Gasteiger partial charge >= 0.3 is 7.82 Å². The van der Waals surface area contributed by atoms with Gasteiger partial charge in [-0.2, -0.15) is 0 Å². The van der Waals surface area contributed by atoms with E-state index in [4.69, 9.17) is 23.3 Å². The molecule has 7 heteroatoms. The Morgan fingerprint density at radius 1 is 0.767 bits per heavy atom. The fraction of sp³-hybridized carbons (Fsp3) is 0.565. The average molecular weight is 439 g/mol. The fourth-order valence-corrected chi connectivity index (χ4v) is 4.01. The van der Waals surface area contributed by atoms with Crippen LogP contribution in [-0.2, 0) is 23.0 Å². The van der Waals surface area contributed by atoms with Crippen molar-refractivity contribution in [2.24, 2.45) is 0 Å². The van der Waals surface area contributed by atoms with E-state index in [2.05, 4.69) is 6.92 Å². The van der Waals surface area contributed by atoms with E-state index in [1.165, 1.54) is 25.7 Å². The zero-order chi connectivity index (χ0) is 21.5. The van der Waals surface area contributed by atoms with E-state index in [1.54, 1.807) is 6.07 Å². The van der Waals surface area contributed by atoms with Crippen molar-refractivity contribution >= 4 is 18.6 Å². The third kappa shape index (κ3) is 9.15. The van der Waals surface area contributed by atoms with Gasteiger partial charge < -0.3 is 9.62 Å². The van der Waals surface area contributed by atoms with Gasteiger partial charge in [-0.15, -0.1) is 0 Å². The van der Waals surface area contributed by atoms with Gasteiger partial charge in [-0.3, -0.25) is 9.05 Å². The van der Waals surface area contributed by atoms with E-state index in [0.717, 1.165) is 30.0 Å². The summed E-state index contributed by atoms with van der Waals surface area (Å²) in [5, 5.41) is 1.85. The Balaban J connectivity index is 1.86. The SMILES string of the molecule is CCCCCCCCCOP(=O)(OCCOCC)OOc1cccc2ccccc12. The molecule has 0 fully saturated rings. The Kier molecular flexibility index (Phi) is 12.0. The van der Waals surface area contributed by atoms with Crippen molar-refractivity contribution in [1.82, 2.24) is 0 Å². The van der Waals surface area contributed by atoms with Gasteiger partial charge in [0.05, 0.1) is 19.8 Å². The first-order valence-corrected chi connectivity index (χ1v) is 12.5. The van der Waals surface area contributed by atoms with Crippen LogP contribution in [0.3, 0.4) is 0 Å². The molecule has 0 aliphatic rings. The highest BCUT2D eigenvalue weighted by atomic mass is 31.2. The van der Waals surface area contributed by atoms with Crippen LogP contribution in [0, 0.1) is 0 Å². The molecule has 0 aliphatic carbocycles. The van der Waals surface area contributed by atoms with Gasteiger partial charge in [-0.05, 0) is 24.8 Å². The molecular formula is C23H35O6P. The molecule has 1 atom stereocenters. The van der Waals surface area contributed by atoms with Crippen LogP contribution >= 0.6 is 7.82 Å². The highest BCUT2D eigenvalue weighted by Gasteiger charge is 2.29. The van der Waals surface area contributed by atoms with Crippen molar-refractivity contribution in [3.05, 3.63) is 42.5 Å². The van der Waals surface area contributed by atoms with Gasteiger partial charge in [0.2, 0.25) is 0 Å². The number of phosphoric acid groups is 1. The van der Waals surface area contributed by atoms with Gasteiger partial charge in [0, 0.05) is 12.0 Å². The number of fused-ring (bicyclic) bond motifs is 1. The van der Waals surface area contributed by atoms with Crippen molar-refractivity contribution in [2.75, 3.05) is 26.4 Å². The van der Waals surface area contributed by atoms with Crippen LogP contribution in [0.5, 0.6) is 5.75 Å². The summed E-state index contributed by atoms with van der Waals surface area (Å²) in [7, 11) is -3.87. The maximum absolute atomic E-state index is 13.0. The van der Waals surface area contributed by atoms with Crippen LogP contribution in [-0.4, -0.2) is 26.4 Å². The quantitative estimate of drug-likeness (QED) is 0.114. The molecule has 168 valence electrons. The molecule has 0 bridgehead atoms. The summed E-state index contributed by atoms with van der Waals surface area (Å²) in [5.41, 5.74) is 0. The smallest absolute Gasteiger partial charge is 0.379 e. The Labute approximate surface area is 180 Å². The summed E-state index contributed by atoms with van der Waals surface area (Å²) < 4.78 is 34.4. The molecule has 1 unspecified atom stereocenters. The number of hydrogen-bond donors (Lipinski definition) is 0. The lowest BCUT2D eigenvalue weighted by Crippen LogP contribution is -2.08.